The van der Waals surface area contributed by atoms with Crippen molar-refractivity contribution in [3.05, 3.63) is 84.7 Å². The van der Waals surface area contributed by atoms with Crippen LogP contribution in [0.3, 0.4) is 0 Å². The summed E-state index contributed by atoms with van der Waals surface area (Å²) in [6, 6.07) is 0.0308. The van der Waals surface area contributed by atoms with Gasteiger partial charge in [-0.05, 0) is 32.6 Å². The van der Waals surface area contributed by atoms with E-state index in [1.54, 1.807) is 6.08 Å². The number of nitrogens with one attached hydrogen (secondary N) is 1. The van der Waals surface area contributed by atoms with Crippen molar-refractivity contribution in [2.75, 3.05) is 20.1 Å². The van der Waals surface area contributed by atoms with Gasteiger partial charge in [0, 0.05) is 38.5 Å². The number of hydrogen-bond donors (Lipinski definition) is 1. The Labute approximate surface area is 184 Å². The Morgan fingerprint density at radius 2 is 1.90 bits per heavy atom. The van der Waals surface area contributed by atoms with Crippen LogP contribution in [-0.4, -0.2) is 43.6 Å². The van der Waals surface area contributed by atoms with Crippen molar-refractivity contribution in [3.8, 4) is 0 Å². The van der Waals surface area contributed by atoms with Gasteiger partial charge in [-0.3, -0.25) is 15.4 Å². The summed E-state index contributed by atoms with van der Waals surface area (Å²) < 4.78 is 0. The van der Waals surface area contributed by atoms with Gasteiger partial charge in [0.1, 0.15) is 0 Å². The normalized spacial score (nSPS) is 16.5. The summed E-state index contributed by atoms with van der Waals surface area (Å²) in [6.45, 7) is 15.6. The lowest BCUT2D eigenvalue weighted by molar-refractivity contribution is 0.264. The summed E-state index contributed by atoms with van der Waals surface area (Å²) in [5.41, 5.74) is 5.60. The fourth-order valence-corrected chi connectivity index (χ4v) is 2.58. The molecule has 0 fully saturated rings. The molecule has 4 heteroatoms. The van der Waals surface area contributed by atoms with Gasteiger partial charge in [0.25, 0.3) is 0 Å². The van der Waals surface area contributed by atoms with Crippen LogP contribution in [0.5, 0.6) is 0 Å². The molecule has 0 radical (unpaired) electrons. The molecular formula is C26H40N4. The van der Waals surface area contributed by atoms with Gasteiger partial charge in [-0.2, -0.15) is 0 Å². The highest BCUT2D eigenvalue weighted by Gasteiger charge is 1.99. The van der Waals surface area contributed by atoms with E-state index in [0.717, 1.165) is 18.7 Å². The average Bonchev–Trinajstić information content (AvgIpc) is 2.69. The fraction of sp³-hybridized carbons (Fsp3) is 0.385. The van der Waals surface area contributed by atoms with E-state index in [-0.39, 0.29) is 12.0 Å². The molecule has 0 aliphatic rings. The van der Waals surface area contributed by atoms with E-state index in [2.05, 4.69) is 78.1 Å². The molecule has 0 aromatic rings. The lowest BCUT2D eigenvalue weighted by Crippen LogP contribution is -2.35. The predicted molar refractivity (Wildman–Crippen MR) is 136 cm³/mol. The molecule has 0 heterocycles. The molecule has 0 saturated carbocycles. The molecule has 0 aliphatic carbocycles. The summed E-state index contributed by atoms with van der Waals surface area (Å²) >= 11 is 0. The Morgan fingerprint density at radius 3 is 2.53 bits per heavy atom. The second kappa shape index (κ2) is 18.5. The van der Waals surface area contributed by atoms with E-state index in [4.69, 9.17) is 0 Å². The molecular weight excluding hydrogens is 368 g/mol. The SMILES string of the molecule is C=C/C=C/C(C)\C=N/C=C(\C=C\C=C/C(C=C(C)/C=C\C)/N=C\C)CN(C)NCC. The second-order valence-corrected chi connectivity index (χ2v) is 6.90. The van der Waals surface area contributed by atoms with Crippen LogP contribution < -0.4 is 5.43 Å². The number of rotatable bonds is 14. The molecule has 0 bridgehead atoms. The minimum absolute atomic E-state index is 0.0308. The molecule has 0 amide bonds. The largest absolute Gasteiger partial charge is 0.286 e. The van der Waals surface area contributed by atoms with E-state index in [1.807, 2.05) is 63.8 Å². The Balaban J connectivity index is 5.32. The van der Waals surface area contributed by atoms with Gasteiger partial charge in [0.15, 0.2) is 0 Å². The van der Waals surface area contributed by atoms with Crippen LogP contribution in [0.15, 0.2) is 94.7 Å². The number of allylic oxidation sites excluding steroid dienone is 8. The molecule has 2 atom stereocenters. The van der Waals surface area contributed by atoms with Gasteiger partial charge in [-0.25, -0.2) is 5.01 Å². The first-order valence-corrected chi connectivity index (χ1v) is 10.6. The predicted octanol–water partition coefficient (Wildman–Crippen LogP) is 5.87. The Kier molecular flexibility index (Phi) is 16.9. The highest BCUT2D eigenvalue weighted by molar-refractivity contribution is 5.63. The van der Waals surface area contributed by atoms with Crippen molar-refractivity contribution in [3.63, 3.8) is 0 Å². The number of nitrogens with zero attached hydrogens (tertiary/aromatic N) is 3. The van der Waals surface area contributed by atoms with E-state index >= 15 is 0 Å². The third kappa shape index (κ3) is 15.4. The van der Waals surface area contributed by atoms with E-state index in [0.29, 0.717) is 0 Å². The third-order valence-corrected chi connectivity index (χ3v) is 3.87. The zero-order valence-electron chi connectivity index (χ0n) is 19.6. The summed E-state index contributed by atoms with van der Waals surface area (Å²) in [7, 11) is 2.03. The fourth-order valence-electron chi connectivity index (χ4n) is 2.58. The van der Waals surface area contributed by atoms with Crippen LogP contribution in [-0.2, 0) is 0 Å². The van der Waals surface area contributed by atoms with Crippen molar-refractivity contribution in [2.45, 2.75) is 40.7 Å². The molecule has 0 rings (SSSR count). The zero-order chi connectivity index (χ0) is 22.6. The molecule has 4 nitrogen and oxygen atoms in total. The van der Waals surface area contributed by atoms with E-state index in [9.17, 15) is 0 Å². The van der Waals surface area contributed by atoms with Crippen molar-refractivity contribution in [1.82, 2.24) is 10.4 Å². The number of hydrazine groups is 1. The van der Waals surface area contributed by atoms with Crippen molar-refractivity contribution in [1.29, 1.82) is 0 Å². The zero-order valence-corrected chi connectivity index (χ0v) is 19.6. The molecule has 0 aromatic heterocycles. The van der Waals surface area contributed by atoms with Crippen LogP contribution in [0.2, 0.25) is 0 Å². The van der Waals surface area contributed by atoms with Gasteiger partial charge < -0.3 is 0 Å². The first-order chi connectivity index (χ1) is 14.5. The Hall–Kier alpha value is -2.56. The molecule has 0 saturated heterocycles. The van der Waals surface area contributed by atoms with Gasteiger partial charge >= 0.3 is 0 Å². The summed E-state index contributed by atoms with van der Waals surface area (Å²) in [5, 5.41) is 2.06. The number of likely N-dealkylation sites (N-methyl/N-ethyl adjacent to an activating group) is 1. The topological polar surface area (TPSA) is 40.0 Å². The van der Waals surface area contributed by atoms with Crippen LogP contribution in [0.1, 0.15) is 34.6 Å². The van der Waals surface area contributed by atoms with Crippen LogP contribution in [0, 0.1) is 5.92 Å². The van der Waals surface area contributed by atoms with Crippen LogP contribution in [0.25, 0.3) is 0 Å². The molecule has 30 heavy (non-hydrogen) atoms. The lowest BCUT2D eigenvalue weighted by atomic mass is 10.1. The van der Waals surface area contributed by atoms with Gasteiger partial charge in [-0.15, -0.1) is 0 Å². The molecule has 0 aromatic carbocycles. The van der Waals surface area contributed by atoms with Crippen molar-refractivity contribution in [2.24, 2.45) is 15.9 Å². The third-order valence-electron chi connectivity index (χ3n) is 3.87. The first kappa shape index (κ1) is 27.4. The van der Waals surface area contributed by atoms with Crippen molar-refractivity contribution >= 4 is 12.4 Å². The van der Waals surface area contributed by atoms with E-state index < -0.39 is 0 Å². The standard InChI is InChI=1S/C26H40N4/c1-8-12-16-24(6)20-27-21-25(22-30(7)29-11-4)17-13-14-18-26(28-10-3)19-23(5)15-9-2/h8-10,12-21,24,26,29H,1,11,22H2,2-7H3/b15-9-,16-12+,17-13+,18-14-,23-19?,25-21+,27-20-,28-10-. The smallest absolute Gasteiger partial charge is 0.0865 e. The van der Waals surface area contributed by atoms with E-state index in [1.165, 1.54) is 5.57 Å². The highest BCUT2D eigenvalue weighted by Crippen LogP contribution is 2.05. The second-order valence-electron chi connectivity index (χ2n) is 6.90. The van der Waals surface area contributed by atoms with Crippen LogP contribution in [0.4, 0.5) is 0 Å². The monoisotopic (exact) mass is 408 g/mol. The molecule has 164 valence electrons. The summed E-state index contributed by atoms with van der Waals surface area (Å²) in [5.74, 6) is 0.260. The molecule has 0 spiro atoms. The lowest BCUT2D eigenvalue weighted by Gasteiger charge is -2.17. The summed E-state index contributed by atoms with van der Waals surface area (Å²) in [4.78, 5) is 9.00. The minimum atomic E-state index is 0.0308. The molecule has 0 aliphatic heterocycles. The maximum Gasteiger partial charge on any atom is 0.0865 e. The average molecular weight is 409 g/mol. The quantitative estimate of drug-likeness (QED) is 0.222. The first-order valence-electron chi connectivity index (χ1n) is 10.6. The number of aliphatic imine (C=N–C) groups is 2. The van der Waals surface area contributed by atoms with Gasteiger partial charge in [-0.1, -0.05) is 86.8 Å². The maximum absolute atomic E-state index is 4.50. The van der Waals surface area contributed by atoms with Crippen LogP contribution >= 0.6 is 0 Å². The molecule has 2 unspecified atom stereocenters. The maximum atomic E-state index is 4.50. The summed E-state index contributed by atoms with van der Waals surface area (Å²) in [6.07, 6.45) is 26.0. The minimum Gasteiger partial charge on any atom is -0.286 e. The molecule has 1 N–H and O–H groups in total. The number of hydrogen-bond acceptors (Lipinski definition) is 4. The Morgan fingerprint density at radius 1 is 1.13 bits per heavy atom. The van der Waals surface area contributed by atoms with Crippen molar-refractivity contribution < 1.29 is 0 Å². The highest BCUT2D eigenvalue weighted by atomic mass is 15.5. The van der Waals surface area contributed by atoms with Gasteiger partial charge in [0.2, 0.25) is 0 Å². The Bertz CT molecular complexity index is 703. The van der Waals surface area contributed by atoms with Gasteiger partial charge in [0.05, 0.1) is 6.04 Å².